The van der Waals surface area contributed by atoms with Gasteiger partial charge in [0.1, 0.15) is 0 Å². The number of alkyl halides is 2. The van der Waals surface area contributed by atoms with Crippen LogP contribution in [-0.4, -0.2) is 5.97 Å². The van der Waals surface area contributed by atoms with Gasteiger partial charge in [-0.25, -0.2) is 0 Å². The first-order valence-corrected chi connectivity index (χ1v) is 8.16. The van der Waals surface area contributed by atoms with Crippen molar-refractivity contribution >= 4 is 26.6 Å². The minimum atomic E-state index is -3.35. The number of halogens is 3. The van der Waals surface area contributed by atoms with Crippen molar-refractivity contribution in [3.63, 3.8) is 0 Å². The molecule has 0 saturated carbocycles. The minimum absolute atomic E-state index is 0.183. The van der Waals surface area contributed by atoms with Gasteiger partial charge in [0.2, 0.25) is 0 Å². The van der Waals surface area contributed by atoms with Crippen molar-refractivity contribution in [1.29, 1.82) is 0 Å². The standard InChI is InChI=1S/C12H13F2IO3/c1-11(2,3)10(16)17-15-9-7-5-4-6-8(9)12(13,14)18-15/h4-7H,1-3H3. The molecule has 0 saturated heterocycles. The summed E-state index contributed by atoms with van der Waals surface area (Å²) in [6.45, 7) is 5.02. The molecule has 1 aliphatic heterocycles. The molecule has 1 heterocycles. The quantitative estimate of drug-likeness (QED) is 0.705. The SMILES string of the molecule is CC(C)(C)C(=O)OI1OC(F)(F)c2ccccc21. The maximum atomic E-state index is 13.6. The van der Waals surface area contributed by atoms with Gasteiger partial charge < -0.3 is 0 Å². The van der Waals surface area contributed by atoms with E-state index in [2.05, 4.69) is 3.07 Å². The molecular weight excluding hydrogens is 357 g/mol. The van der Waals surface area contributed by atoms with Gasteiger partial charge in [0.25, 0.3) is 0 Å². The van der Waals surface area contributed by atoms with E-state index >= 15 is 0 Å². The van der Waals surface area contributed by atoms with Crippen LogP contribution in [0.15, 0.2) is 24.3 Å². The van der Waals surface area contributed by atoms with Crippen molar-refractivity contribution in [3.8, 4) is 0 Å². The first kappa shape index (κ1) is 13.7. The number of hydrogen-bond acceptors (Lipinski definition) is 3. The van der Waals surface area contributed by atoms with Crippen molar-refractivity contribution in [3.05, 3.63) is 33.4 Å². The molecule has 1 aliphatic rings. The molecule has 0 bridgehead atoms. The summed E-state index contributed by atoms with van der Waals surface area (Å²) in [6, 6.07) is 6.00. The summed E-state index contributed by atoms with van der Waals surface area (Å²) in [5, 5.41) is 0. The molecule has 0 radical (unpaired) electrons. The summed E-state index contributed by atoms with van der Waals surface area (Å²) in [5.74, 6) is -0.514. The molecule has 0 aliphatic carbocycles. The Morgan fingerprint density at radius 2 is 1.94 bits per heavy atom. The Morgan fingerprint density at radius 3 is 2.56 bits per heavy atom. The molecule has 6 heteroatoms. The predicted octanol–water partition coefficient (Wildman–Crippen LogP) is 3.86. The average molecular weight is 370 g/mol. The van der Waals surface area contributed by atoms with Crippen molar-refractivity contribution in [1.82, 2.24) is 0 Å². The summed E-state index contributed by atoms with van der Waals surface area (Å²) in [6.07, 6.45) is -3.35. The second-order valence-electron chi connectivity index (χ2n) is 4.91. The number of hydrogen-bond donors (Lipinski definition) is 0. The van der Waals surface area contributed by atoms with E-state index in [0.29, 0.717) is 3.57 Å². The second-order valence-corrected chi connectivity index (χ2v) is 8.19. The summed E-state index contributed by atoms with van der Waals surface area (Å²) < 4.78 is 37.3. The zero-order valence-corrected chi connectivity index (χ0v) is 12.3. The van der Waals surface area contributed by atoms with Gasteiger partial charge in [0.05, 0.1) is 0 Å². The van der Waals surface area contributed by atoms with Crippen molar-refractivity contribution in [2.24, 2.45) is 5.41 Å². The molecule has 0 atom stereocenters. The molecule has 3 nitrogen and oxygen atoms in total. The molecule has 100 valence electrons. The van der Waals surface area contributed by atoms with Gasteiger partial charge in [-0.1, -0.05) is 0 Å². The fourth-order valence-electron chi connectivity index (χ4n) is 1.24. The van der Waals surface area contributed by atoms with Crippen molar-refractivity contribution in [2.45, 2.75) is 26.9 Å². The molecule has 0 aromatic heterocycles. The van der Waals surface area contributed by atoms with Crippen LogP contribution in [0.1, 0.15) is 26.3 Å². The Kier molecular flexibility index (Phi) is 3.35. The van der Waals surface area contributed by atoms with Gasteiger partial charge >= 0.3 is 112 Å². The molecular formula is C12H13F2IO3. The zero-order chi connectivity index (χ0) is 13.6. The molecule has 0 unspecified atom stereocenters. The molecule has 0 spiro atoms. The van der Waals surface area contributed by atoms with Crippen LogP contribution in [0.4, 0.5) is 8.78 Å². The predicted molar refractivity (Wildman–Crippen MR) is 69.7 cm³/mol. The van der Waals surface area contributed by atoms with E-state index in [-0.39, 0.29) is 5.56 Å². The Bertz CT molecular complexity index is 482. The van der Waals surface area contributed by atoms with Crippen LogP contribution in [-0.2, 0) is 17.0 Å². The molecule has 2 rings (SSSR count). The van der Waals surface area contributed by atoms with Gasteiger partial charge in [-0.2, -0.15) is 0 Å². The van der Waals surface area contributed by atoms with Gasteiger partial charge in [-0.05, 0) is 0 Å². The molecule has 0 N–H and O–H groups in total. The third kappa shape index (κ3) is 2.49. The molecule has 1 aromatic carbocycles. The van der Waals surface area contributed by atoms with Crippen LogP contribution in [0, 0.1) is 8.99 Å². The zero-order valence-electron chi connectivity index (χ0n) is 10.2. The van der Waals surface area contributed by atoms with Gasteiger partial charge in [-0.3, -0.25) is 0 Å². The van der Waals surface area contributed by atoms with Crippen molar-refractivity contribution < 1.29 is 19.7 Å². The number of carbonyl (C=O) groups is 1. The van der Waals surface area contributed by atoms with E-state index in [4.69, 9.17) is 3.07 Å². The number of benzene rings is 1. The van der Waals surface area contributed by atoms with Crippen LogP contribution >= 0.6 is 20.6 Å². The second kappa shape index (κ2) is 4.41. The summed E-state index contributed by atoms with van der Waals surface area (Å²) >= 11 is -3.05. The van der Waals surface area contributed by atoms with Crippen LogP contribution in [0.3, 0.4) is 0 Å². The summed E-state index contributed by atoms with van der Waals surface area (Å²) in [4.78, 5) is 11.7. The summed E-state index contributed by atoms with van der Waals surface area (Å²) in [7, 11) is 0. The van der Waals surface area contributed by atoms with E-state index in [1.807, 2.05) is 0 Å². The van der Waals surface area contributed by atoms with Crippen molar-refractivity contribution in [2.75, 3.05) is 0 Å². The van der Waals surface area contributed by atoms with Crippen LogP contribution in [0.25, 0.3) is 0 Å². The van der Waals surface area contributed by atoms with E-state index in [1.165, 1.54) is 18.2 Å². The Morgan fingerprint density at radius 1 is 1.33 bits per heavy atom. The van der Waals surface area contributed by atoms with E-state index in [9.17, 15) is 13.6 Å². The topological polar surface area (TPSA) is 35.5 Å². The number of carbonyl (C=O) groups excluding carboxylic acids is 1. The Balaban J connectivity index is 2.26. The number of rotatable bonds is 1. The van der Waals surface area contributed by atoms with E-state index in [0.717, 1.165) is 0 Å². The van der Waals surface area contributed by atoms with Crippen LogP contribution < -0.4 is 0 Å². The molecule has 1 aromatic rings. The molecule has 18 heavy (non-hydrogen) atoms. The normalized spacial score (nSPS) is 19.5. The fourth-order valence-corrected chi connectivity index (χ4v) is 5.04. The van der Waals surface area contributed by atoms with Gasteiger partial charge in [-0.15, -0.1) is 0 Å². The first-order chi connectivity index (χ1) is 8.22. The average Bonchev–Trinajstić information content (AvgIpc) is 2.50. The Hall–Kier alpha value is -0.760. The monoisotopic (exact) mass is 370 g/mol. The van der Waals surface area contributed by atoms with E-state index < -0.39 is 38.1 Å². The Labute approximate surface area is 112 Å². The number of fused-ring (bicyclic) bond motifs is 1. The van der Waals surface area contributed by atoms with E-state index in [1.54, 1.807) is 26.8 Å². The molecule has 0 amide bonds. The summed E-state index contributed by atoms with van der Waals surface area (Å²) in [5.41, 5.74) is -0.912. The first-order valence-electron chi connectivity index (χ1n) is 5.32. The third-order valence-corrected chi connectivity index (χ3v) is 5.92. The van der Waals surface area contributed by atoms with Crippen LogP contribution in [0.2, 0.25) is 0 Å². The van der Waals surface area contributed by atoms with Gasteiger partial charge in [0.15, 0.2) is 0 Å². The third-order valence-electron chi connectivity index (χ3n) is 2.27. The van der Waals surface area contributed by atoms with Crippen LogP contribution in [0.5, 0.6) is 0 Å². The fraction of sp³-hybridized carbons (Fsp3) is 0.417. The maximum absolute atomic E-state index is 13.6. The molecule has 0 fully saturated rings. The van der Waals surface area contributed by atoms with Gasteiger partial charge in [0, 0.05) is 0 Å².